The van der Waals surface area contributed by atoms with Gasteiger partial charge in [-0.1, -0.05) is 29.3 Å². The molecule has 6 nitrogen and oxygen atoms in total. The number of nitrogens with one attached hydrogen (secondary N) is 2. The van der Waals surface area contributed by atoms with E-state index in [0.717, 1.165) is 39.5 Å². The fourth-order valence-electron chi connectivity index (χ4n) is 3.60. The predicted octanol–water partition coefficient (Wildman–Crippen LogP) is 3.95. The highest BCUT2D eigenvalue weighted by Crippen LogP contribution is 2.35. The minimum Gasteiger partial charge on any atom is -0.350 e. The van der Waals surface area contributed by atoms with Crippen molar-refractivity contribution in [3.8, 4) is 0 Å². The van der Waals surface area contributed by atoms with Gasteiger partial charge in [0.1, 0.15) is 18.2 Å². The maximum atomic E-state index is 13.0. The molecule has 2 N–H and O–H groups in total. The van der Waals surface area contributed by atoms with Crippen LogP contribution in [-0.4, -0.2) is 21.6 Å². The van der Waals surface area contributed by atoms with Gasteiger partial charge in [-0.15, -0.1) is 0 Å². The Morgan fingerprint density at radius 3 is 2.52 bits per heavy atom. The molecule has 2 heterocycles. The number of amides is 2. The molecule has 160 valence electrons. The summed E-state index contributed by atoms with van der Waals surface area (Å²) in [4.78, 5) is 25.4. The van der Waals surface area contributed by atoms with Crippen LogP contribution >= 0.6 is 11.8 Å². The summed E-state index contributed by atoms with van der Waals surface area (Å²) in [6.07, 6.45) is 0. The van der Waals surface area contributed by atoms with Gasteiger partial charge in [0.2, 0.25) is 5.91 Å². The van der Waals surface area contributed by atoms with Gasteiger partial charge in [0.25, 0.3) is 5.91 Å². The molecule has 0 fully saturated rings. The van der Waals surface area contributed by atoms with Crippen LogP contribution in [0.25, 0.3) is 0 Å². The van der Waals surface area contributed by atoms with Gasteiger partial charge in [0.15, 0.2) is 0 Å². The van der Waals surface area contributed by atoms with Gasteiger partial charge in [-0.2, -0.15) is 16.9 Å². The molecular formula is C23H23FN4O2S. The summed E-state index contributed by atoms with van der Waals surface area (Å²) in [5.41, 5.74) is 5.27. The van der Waals surface area contributed by atoms with Crippen LogP contribution in [0.3, 0.4) is 0 Å². The normalized spacial score (nSPS) is 12.5. The van der Waals surface area contributed by atoms with Crippen molar-refractivity contribution in [3.05, 3.63) is 81.8 Å². The molecule has 0 bridgehead atoms. The number of halogens is 1. The zero-order valence-corrected chi connectivity index (χ0v) is 18.2. The molecule has 2 aromatic carbocycles. The molecule has 1 aromatic heterocycles. The summed E-state index contributed by atoms with van der Waals surface area (Å²) < 4.78 is 14.6. The van der Waals surface area contributed by atoms with Crippen molar-refractivity contribution in [2.75, 3.05) is 5.32 Å². The van der Waals surface area contributed by atoms with E-state index in [0.29, 0.717) is 17.9 Å². The molecule has 4 rings (SSSR count). The summed E-state index contributed by atoms with van der Waals surface area (Å²) in [6.45, 7) is 4.18. The maximum Gasteiger partial charge on any atom is 0.256 e. The van der Waals surface area contributed by atoms with Crippen LogP contribution in [-0.2, 0) is 29.4 Å². The first-order valence-corrected chi connectivity index (χ1v) is 11.1. The van der Waals surface area contributed by atoms with Crippen molar-refractivity contribution < 1.29 is 14.0 Å². The number of nitrogens with zero attached hydrogens (tertiary/aromatic N) is 2. The van der Waals surface area contributed by atoms with E-state index in [9.17, 15) is 14.0 Å². The average molecular weight is 439 g/mol. The lowest BCUT2D eigenvalue weighted by Gasteiger charge is -2.12. The zero-order valence-electron chi connectivity index (χ0n) is 17.4. The number of hydrogen-bond acceptors (Lipinski definition) is 4. The summed E-state index contributed by atoms with van der Waals surface area (Å²) >= 11 is 1.73. The highest BCUT2D eigenvalue weighted by Gasteiger charge is 2.25. The quantitative estimate of drug-likeness (QED) is 0.611. The first-order chi connectivity index (χ1) is 14.9. The Kier molecular flexibility index (Phi) is 6.08. The van der Waals surface area contributed by atoms with Crippen LogP contribution in [0.1, 0.15) is 38.3 Å². The molecule has 0 spiro atoms. The number of thioether (sulfide) groups is 1. The number of fused-ring (bicyclic) bond motifs is 1. The molecule has 2 amide bonds. The van der Waals surface area contributed by atoms with Gasteiger partial charge in [-0.25, -0.2) is 9.07 Å². The van der Waals surface area contributed by atoms with E-state index in [-0.39, 0.29) is 24.2 Å². The minimum atomic E-state index is -0.316. The lowest BCUT2D eigenvalue weighted by molar-refractivity contribution is -0.122. The van der Waals surface area contributed by atoms with Gasteiger partial charge < -0.3 is 10.6 Å². The van der Waals surface area contributed by atoms with Crippen LogP contribution in [0.2, 0.25) is 0 Å². The molecule has 0 radical (unpaired) electrons. The van der Waals surface area contributed by atoms with Crippen LogP contribution < -0.4 is 10.6 Å². The Balaban J connectivity index is 1.49. The zero-order chi connectivity index (χ0) is 22.0. The van der Waals surface area contributed by atoms with E-state index in [1.807, 2.05) is 32.0 Å². The van der Waals surface area contributed by atoms with Crippen LogP contribution in [0.4, 0.5) is 10.2 Å². The van der Waals surface area contributed by atoms with Gasteiger partial charge >= 0.3 is 0 Å². The second kappa shape index (κ2) is 8.93. The number of anilines is 1. The van der Waals surface area contributed by atoms with Crippen molar-refractivity contribution >= 4 is 29.4 Å². The SMILES string of the molecule is Cc1cc(C)cc(C(=O)Nc2c3c(nn2CC(=O)NCc2ccc(F)cc2)CSC3)c1. The molecule has 0 atom stereocenters. The fraction of sp³-hybridized carbons (Fsp3) is 0.261. The Morgan fingerprint density at radius 2 is 1.81 bits per heavy atom. The van der Waals surface area contributed by atoms with Crippen LogP contribution in [0.5, 0.6) is 0 Å². The number of carbonyl (C=O) groups excluding carboxylic acids is 2. The summed E-state index contributed by atoms with van der Waals surface area (Å²) in [7, 11) is 0. The highest BCUT2D eigenvalue weighted by molar-refractivity contribution is 7.98. The molecule has 0 saturated carbocycles. The molecule has 0 unspecified atom stereocenters. The predicted molar refractivity (Wildman–Crippen MR) is 119 cm³/mol. The maximum absolute atomic E-state index is 13.0. The van der Waals surface area contributed by atoms with Crippen molar-refractivity contribution in [2.45, 2.75) is 38.4 Å². The van der Waals surface area contributed by atoms with Gasteiger partial charge in [0.05, 0.1) is 5.69 Å². The molecule has 3 aromatic rings. The Labute approximate surface area is 184 Å². The monoisotopic (exact) mass is 438 g/mol. The number of rotatable bonds is 6. The minimum absolute atomic E-state index is 0.0126. The van der Waals surface area contributed by atoms with E-state index in [1.54, 1.807) is 28.6 Å². The van der Waals surface area contributed by atoms with Crippen LogP contribution in [0, 0.1) is 19.7 Å². The van der Waals surface area contributed by atoms with Gasteiger partial charge in [0, 0.05) is 29.2 Å². The van der Waals surface area contributed by atoms with Gasteiger partial charge in [-0.3, -0.25) is 9.59 Å². The first kappa shape index (κ1) is 21.1. The molecule has 31 heavy (non-hydrogen) atoms. The fourth-order valence-corrected chi connectivity index (χ4v) is 4.64. The smallest absolute Gasteiger partial charge is 0.256 e. The van der Waals surface area contributed by atoms with E-state index in [4.69, 9.17) is 0 Å². The van der Waals surface area contributed by atoms with E-state index < -0.39 is 0 Å². The number of carbonyl (C=O) groups is 2. The van der Waals surface area contributed by atoms with Gasteiger partial charge in [-0.05, 0) is 43.7 Å². The molecule has 1 aliphatic rings. The number of benzene rings is 2. The topological polar surface area (TPSA) is 76.0 Å². The first-order valence-electron chi connectivity index (χ1n) is 9.96. The molecular weight excluding hydrogens is 415 g/mol. The standard InChI is InChI=1S/C23H23FN4O2S/c1-14-7-15(2)9-17(8-14)23(30)26-22-19-12-31-13-20(19)27-28(22)11-21(29)25-10-16-3-5-18(24)6-4-16/h3-9H,10-13H2,1-2H3,(H,25,29)(H,26,30). The molecule has 8 heteroatoms. The second-order valence-electron chi connectivity index (χ2n) is 7.66. The van der Waals surface area contributed by atoms with Crippen LogP contribution in [0.15, 0.2) is 42.5 Å². The molecule has 1 aliphatic heterocycles. The van der Waals surface area contributed by atoms with Crippen molar-refractivity contribution in [2.24, 2.45) is 0 Å². The Hall–Kier alpha value is -3.13. The molecule has 0 saturated heterocycles. The highest BCUT2D eigenvalue weighted by atomic mass is 32.2. The number of hydrogen-bond donors (Lipinski definition) is 2. The Morgan fingerprint density at radius 1 is 1.10 bits per heavy atom. The largest absolute Gasteiger partial charge is 0.350 e. The molecule has 0 aliphatic carbocycles. The third-order valence-corrected chi connectivity index (χ3v) is 6.00. The second-order valence-corrected chi connectivity index (χ2v) is 8.64. The van der Waals surface area contributed by atoms with Crippen molar-refractivity contribution in [1.29, 1.82) is 0 Å². The van der Waals surface area contributed by atoms with Crippen molar-refractivity contribution in [1.82, 2.24) is 15.1 Å². The average Bonchev–Trinajstić information content (AvgIpc) is 3.29. The Bertz CT molecular complexity index is 1120. The lowest BCUT2D eigenvalue weighted by atomic mass is 10.1. The summed E-state index contributed by atoms with van der Waals surface area (Å²) in [5.74, 6) is 1.30. The number of aromatic nitrogens is 2. The number of aryl methyl sites for hydroxylation is 2. The van der Waals surface area contributed by atoms with E-state index in [1.165, 1.54) is 12.1 Å². The third-order valence-electron chi connectivity index (χ3n) is 5.03. The van der Waals surface area contributed by atoms with E-state index >= 15 is 0 Å². The van der Waals surface area contributed by atoms with E-state index in [2.05, 4.69) is 15.7 Å². The summed E-state index contributed by atoms with van der Waals surface area (Å²) in [6, 6.07) is 11.7. The third kappa shape index (κ3) is 4.96. The van der Waals surface area contributed by atoms with Crippen molar-refractivity contribution in [3.63, 3.8) is 0 Å². The lowest BCUT2D eigenvalue weighted by Crippen LogP contribution is -2.28. The summed E-state index contributed by atoms with van der Waals surface area (Å²) in [5, 5.41) is 10.3.